The maximum atomic E-state index is 14.2. The molecule has 3 heterocycles. The van der Waals surface area contributed by atoms with E-state index in [0.29, 0.717) is 31.8 Å². The van der Waals surface area contributed by atoms with Gasteiger partial charge < -0.3 is 19.9 Å². The molecule has 1 aliphatic rings. The lowest BCUT2D eigenvalue weighted by molar-refractivity contribution is -0.141. The summed E-state index contributed by atoms with van der Waals surface area (Å²) in [6, 6.07) is 9.76. The summed E-state index contributed by atoms with van der Waals surface area (Å²) in [4.78, 5) is 67.8. The average molecular weight is 648 g/mol. The predicted molar refractivity (Wildman–Crippen MR) is 179 cm³/mol. The Hall–Kier alpha value is -4.48. The van der Waals surface area contributed by atoms with E-state index < -0.39 is 35.1 Å². The maximum absolute atomic E-state index is 14.2. The molecular weight excluding hydrogens is 598 g/mol. The molecule has 0 saturated carbocycles. The zero-order chi connectivity index (χ0) is 34.5. The van der Waals surface area contributed by atoms with Crippen molar-refractivity contribution in [3.8, 4) is 0 Å². The molecule has 47 heavy (non-hydrogen) atoms. The standard InChI is InChI=1S/C35H49N7O5/c1-24(39(8)33(46)47-35(5,6)7)29(43)38-28(34(2,3)4)31(45)42-20-12-16-26(42)22-40(21-17-25-14-10-9-11-15-25)30(44)27-23-41-19-13-18-36-32(41)37-27/h9-11,13-15,18-19,23-24,26,28H,12,16-17,20-22H2,1-8H3,(H,38,43). The lowest BCUT2D eigenvalue weighted by Gasteiger charge is -2.38. The number of carbonyl (C=O) groups excluding carboxylic acids is 4. The minimum absolute atomic E-state index is 0.215. The van der Waals surface area contributed by atoms with Gasteiger partial charge in [0.2, 0.25) is 17.6 Å². The third kappa shape index (κ3) is 9.08. The van der Waals surface area contributed by atoms with E-state index >= 15 is 0 Å². The summed E-state index contributed by atoms with van der Waals surface area (Å²) in [5.74, 6) is -0.465. The van der Waals surface area contributed by atoms with Crippen molar-refractivity contribution in [2.24, 2.45) is 5.41 Å². The number of rotatable bonds is 10. The minimum atomic E-state index is -0.872. The zero-order valence-corrected chi connectivity index (χ0v) is 28.9. The molecule has 12 heteroatoms. The van der Waals surface area contributed by atoms with Crippen LogP contribution < -0.4 is 5.32 Å². The van der Waals surface area contributed by atoms with E-state index in [1.54, 1.807) is 66.6 Å². The summed E-state index contributed by atoms with van der Waals surface area (Å²) in [5.41, 5.74) is 0.0448. The molecule has 0 radical (unpaired) electrons. The van der Waals surface area contributed by atoms with E-state index in [1.807, 2.05) is 51.1 Å². The molecule has 0 spiro atoms. The Kier molecular flexibility index (Phi) is 10.9. The van der Waals surface area contributed by atoms with E-state index in [9.17, 15) is 19.2 Å². The van der Waals surface area contributed by atoms with Gasteiger partial charge in [-0.1, -0.05) is 51.1 Å². The number of hydrogen-bond donors (Lipinski definition) is 1. The number of nitrogens with zero attached hydrogens (tertiary/aromatic N) is 6. The van der Waals surface area contributed by atoms with E-state index in [0.717, 1.165) is 18.4 Å². The van der Waals surface area contributed by atoms with Gasteiger partial charge in [-0.25, -0.2) is 14.8 Å². The number of hydrogen-bond acceptors (Lipinski definition) is 7. The van der Waals surface area contributed by atoms with Gasteiger partial charge in [0.1, 0.15) is 23.4 Å². The second kappa shape index (κ2) is 14.5. The van der Waals surface area contributed by atoms with Crippen LogP contribution in [0.25, 0.3) is 5.78 Å². The van der Waals surface area contributed by atoms with Gasteiger partial charge in [0.25, 0.3) is 5.91 Å². The highest BCUT2D eigenvalue weighted by molar-refractivity contribution is 5.93. The summed E-state index contributed by atoms with van der Waals surface area (Å²) in [7, 11) is 1.50. The molecule has 1 aliphatic heterocycles. The third-order valence-electron chi connectivity index (χ3n) is 8.39. The Morgan fingerprint density at radius 3 is 2.40 bits per heavy atom. The molecule has 3 aromatic rings. The van der Waals surface area contributed by atoms with Crippen LogP contribution in [0.4, 0.5) is 4.79 Å². The van der Waals surface area contributed by atoms with Gasteiger partial charge in [0.15, 0.2) is 0 Å². The summed E-state index contributed by atoms with van der Waals surface area (Å²) in [5, 5.41) is 2.94. The van der Waals surface area contributed by atoms with Gasteiger partial charge in [0, 0.05) is 51.3 Å². The molecule has 1 fully saturated rings. The fourth-order valence-electron chi connectivity index (χ4n) is 5.59. The average Bonchev–Trinajstić information content (AvgIpc) is 3.66. The first-order chi connectivity index (χ1) is 22.0. The first-order valence-corrected chi connectivity index (χ1v) is 16.2. The van der Waals surface area contributed by atoms with Crippen molar-refractivity contribution in [3.63, 3.8) is 0 Å². The smallest absolute Gasteiger partial charge is 0.410 e. The number of aromatic nitrogens is 3. The van der Waals surface area contributed by atoms with Crippen molar-refractivity contribution >= 4 is 29.6 Å². The van der Waals surface area contributed by atoms with Crippen LogP contribution in [0.2, 0.25) is 0 Å². The number of carbonyl (C=O) groups is 4. The highest BCUT2D eigenvalue weighted by Crippen LogP contribution is 2.27. The molecular formula is C35H49N7O5. The highest BCUT2D eigenvalue weighted by atomic mass is 16.6. The van der Waals surface area contributed by atoms with E-state index in [-0.39, 0.29) is 23.6 Å². The summed E-state index contributed by atoms with van der Waals surface area (Å²) in [6.45, 7) is 13.9. The predicted octanol–water partition coefficient (Wildman–Crippen LogP) is 4.19. The van der Waals surface area contributed by atoms with Gasteiger partial charge in [-0.2, -0.15) is 0 Å². The topological polar surface area (TPSA) is 129 Å². The van der Waals surface area contributed by atoms with Crippen LogP contribution in [0.15, 0.2) is 55.0 Å². The van der Waals surface area contributed by atoms with Crippen LogP contribution in [-0.2, 0) is 20.7 Å². The SMILES string of the molecule is CC(C(=O)NC(C(=O)N1CCCC1CN(CCc1ccccc1)C(=O)c1cn2cccnc2n1)C(C)(C)C)N(C)C(=O)OC(C)(C)C. The van der Waals surface area contributed by atoms with E-state index in [4.69, 9.17) is 4.74 Å². The molecule has 0 aliphatic carbocycles. The van der Waals surface area contributed by atoms with Crippen molar-refractivity contribution in [3.05, 3.63) is 66.2 Å². The Labute approximate surface area is 277 Å². The molecule has 1 aromatic carbocycles. The Morgan fingerprint density at radius 2 is 1.77 bits per heavy atom. The number of ether oxygens (including phenoxy) is 1. The summed E-state index contributed by atoms with van der Waals surface area (Å²) >= 11 is 0. The number of fused-ring (bicyclic) bond motifs is 1. The second-order valence-electron chi connectivity index (χ2n) is 14.3. The van der Waals surface area contributed by atoms with Gasteiger partial charge in [0.05, 0.1) is 0 Å². The third-order valence-corrected chi connectivity index (χ3v) is 8.39. The first-order valence-electron chi connectivity index (χ1n) is 16.2. The molecule has 1 saturated heterocycles. The zero-order valence-electron chi connectivity index (χ0n) is 28.9. The van der Waals surface area contributed by atoms with Crippen molar-refractivity contribution in [1.82, 2.24) is 34.4 Å². The number of amides is 4. The van der Waals surface area contributed by atoms with Crippen molar-refractivity contribution < 1.29 is 23.9 Å². The van der Waals surface area contributed by atoms with Crippen LogP contribution in [-0.4, -0.2) is 103 Å². The molecule has 4 rings (SSSR count). The van der Waals surface area contributed by atoms with Gasteiger partial charge >= 0.3 is 6.09 Å². The van der Waals surface area contributed by atoms with Gasteiger partial charge in [-0.3, -0.25) is 23.7 Å². The largest absolute Gasteiger partial charge is 0.444 e. The van der Waals surface area contributed by atoms with Crippen molar-refractivity contribution in [2.75, 3.05) is 26.7 Å². The van der Waals surface area contributed by atoms with Gasteiger partial charge in [-0.05, 0) is 64.0 Å². The lowest BCUT2D eigenvalue weighted by atomic mass is 9.85. The van der Waals surface area contributed by atoms with E-state index in [1.165, 1.54) is 11.9 Å². The molecule has 254 valence electrons. The molecule has 12 nitrogen and oxygen atoms in total. The fraction of sp³-hybridized carbons (Fsp3) is 0.543. The molecule has 3 atom stereocenters. The first kappa shape index (κ1) is 35.4. The molecule has 3 unspecified atom stereocenters. The number of nitrogens with one attached hydrogen (secondary N) is 1. The van der Waals surface area contributed by atoms with Crippen molar-refractivity contribution in [2.45, 2.75) is 91.5 Å². The monoisotopic (exact) mass is 647 g/mol. The second-order valence-corrected chi connectivity index (χ2v) is 14.3. The number of likely N-dealkylation sites (N-methyl/N-ethyl adjacent to an activating group) is 1. The quantitative estimate of drug-likeness (QED) is 0.349. The molecule has 0 bridgehead atoms. The maximum Gasteiger partial charge on any atom is 0.410 e. The number of likely N-dealkylation sites (tertiary alicyclic amines) is 1. The molecule has 4 amide bonds. The normalized spacial score (nSPS) is 16.4. The minimum Gasteiger partial charge on any atom is -0.444 e. The summed E-state index contributed by atoms with van der Waals surface area (Å²) in [6.07, 6.45) is 6.62. The number of imidazole rings is 1. The van der Waals surface area contributed by atoms with Crippen LogP contribution in [0.5, 0.6) is 0 Å². The Balaban J connectivity index is 1.52. The van der Waals surface area contributed by atoms with Crippen LogP contribution in [0.1, 0.15) is 77.4 Å². The molecule has 2 aromatic heterocycles. The van der Waals surface area contributed by atoms with Crippen LogP contribution in [0, 0.1) is 5.41 Å². The fourth-order valence-corrected chi connectivity index (χ4v) is 5.59. The Bertz CT molecular complexity index is 1530. The number of benzene rings is 1. The lowest BCUT2D eigenvalue weighted by Crippen LogP contribution is -2.59. The van der Waals surface area contributed by atoms with E-state index in [2.05, 4.69) is 15.3 Å². The van der Waals surface area contributed by atoms with Crippen molar-refractivity contribution in [1.29, 1.82) is 0 Å². The Morgan fingerprint density at radius 1 is 1.06 bits per heavy atom. The highest BCUT2D eigenvalue weighted by Gasteiger charge is 2.41. The van der Waals surface area contributed by atoms with Gasteiger partial charge in [-0.15, -0.1) is 0 Å². The summed E-state index contributed by atoms with van der Waals surface area (Å²) < 4.78 is 7.14. The molecule has 1 N–H and O–H groups in total. The van der Waals surface area contributed by atoms with Crippen LogP contribution >= 0.6 is 0 Å². The van der Waals surface area contributed by atoms with Crippen LogP contribution in [0.3, 0.4) is 0 Å².